The normalized spacial score (nSPS) is 11.6. The first-order chi connectivity index (χ1) is 15.6. The highest BCUT2D eigenvalue weighted by atomic mass is 28.4. The molecule has 0 saturated carbocycles. The van der Waals surface area contributed by atoms with Crippen molar-refractivity contribution in [1.82, 2.24) is 0 Å². The second-order valence-electron chi connectivity index (χ2n) is 9.46. The predicted octanol–water partition coefficient (Wildman–Crippen LogP) is 9.54. The summed E-state index contributed by atoms with van der Waals surface area (Å²) in [6.45, 7) is 7.40. The fourth-order valence-corrected chi connectivity index (χ4v) is 5.55. The van der Waals surface area contributed by atoms with Crippen LogP contribution in [0, 0.1) is 0 Å². The van der Waals surface area contributed by atoms with Crippen molar-refractivity contribution in [2.24, 2.45) is 0 Å². The van der Waals surface area contributed by atoms with Gasteiger partial charge in [-0.2, -0.15) is 0 Å². The Hall–Kier alpha value is -1.58. The summed E-state index contributed by atoms with van der Waals surface area (Å²) in [6, 6.07) is 18.7. The molecule has 0 aliphatic rings. The van der Waals surface area contributed by atoms with Crippen molar-refractivity contribution in [3.63, 3.8) is 0 Å². The minimum absolute atomic E-state index is 0.810. The molecule has 0 bridgehead atoms. The summed E-state index contributed by atoms with van der Waals surface area (Å²) < 4.78 is 12.7. The van der Waals surface area contributed by atoms with Crippen LogP contribution in [0.15, 0.2) is 54.6 Å². The summed E-state index contributed by atoms with van der Waals surface area (Å²) in [4.78, 5) is 0. The SMILES string of the molecule is CCCCCCCCCCCCCCCO[Si](C)(C)Oc1ccccc1-c1ccccc1. The third-order valence-electron chi connectivity index (χ3n) is 6.03. The third-order valence-corrected chi connectivity index (χ3v) is 7.64. The van der Waals surface area contributed by atoms with Crippen LogP contribution < -0.4 is 4.43 Å². The molecule has 0 saturated heterocycles. The van der Waals surface area contributed by atoms with Crippen LogP contribution in [0.2, 0.25) is 13.1 Å². The van der Waals surface area contributed by atoms with E-state index in [1.807, 2.05) is 12.1 Å². The highest BCUT2D eigenvalue weighted by Crippen LogP contribution is 2.31. The molecule has 0 aliphatic heterocycles. The monoisotopic (exact) mass is 454 g/mol. The zero-order valence-corrected chi connectivity index (χ0v) is 21.9. The Kier molecular flexibility index (Phi) is 13.4. The first-order valence-corrected chi connectivity index (χ1v) is 15.9. The average molecular weight is 455 g/mol. The molecule has 0 fully saturated rings. The maximum absolute atomic E-state index is 6.42. The lowest BCUT2D eigenvalue weighted by molar-refractivity contribution is 0.241. The van der Waals surface area contributed by atoms with E-state index in [1.165, 1.54) is 82.6 Å². The van der Waals surface area contributed by atoms with Gasteiger partial charge in [-0.05, 0) is 31.1 Å². The van der Waals surface area contributed by atoms with E-state index in [4.69, 9.17) is 8.85 Å². The zero-order valence-electron chi connectivity index (χ0n) is 20.9. The molecule has 0 aliphatic carbocycles. The summed E-state index contributed by atoms with van der Waals surface area (Å²) in [6.07, 6.45) is 17.9. The molecule has 178 valence electrons. The lowest BCUT2D eigenvalue weighted by Crippen LogP contribution is -2.38. The topological polar surface area (TPSA) is 18.5 Å². The van der Waals surface area contributed by atoms with E-state index < -0.39 is 8.56 Å². The first kappa shape index (κ1) is 26.7. The molecule has 2 nitrogen and oxygen atoms in total. The van der Waals surface area contributed by atoms with Crippen LogP contribution in [0.5, 0.6) is 5.75 Å². The van der Waals surface area contributed by atoms with Gasteiger partial charge >= 0.3 is 8.56 Å². The highest BCUT2D eigenvalue weighted by molar-refractivity contribution is 6.65. The molecule has 2 rings (SSSR count). The molecule has 2 aromatic rings. The van der Waals surface area contributed by atoms with Gasteiger partial charge in [-0.3, -0.25) is 0 Å². The maximum atomic E-state index is 6.42. The Morgan fingerprint density at radius 1 is 0.594 bits per heavy atom. The zero-order chi connectivity index (χ0) is 22.9. The molecule has 2 aromatic carbocycles. The molecule has 0 spiro atoms. The van der Waals surface area contributed by atoms with Gasteiger partial charge in [0.25, 0.3) is 0 Å². The van der Waals surface area contributed by atoms with Crippen molar-refractivity contribution in [2.75, 3.05) is 6.61 Å². The van der Waals surface area contributed by atoms with Gasteiger partial charge in [0.15, 0.2) is 0 Å². The Morgan fingerprint density at radius 2 is 1.09 bits per heavy atom. The standard InChI is InChI=1S/C29H46O2Si/c1-4-5-6-7-8-9-10-11-12-13-14-15-21-26-30-32(2,3)31-29-25-20-19-24-28(29)27-22-17-16-18-23-27/h16-20,22-25H,4-15,21,26H2,1-3H3. The Labute approximate surface area is 199 Å². The Balaban J connectivity index is 1.55. The lowest BCUT2D eigenvalue weighted by atomic mass is 10.0. The van der Waals surface area contributed by atoms with Gasteiger partial charge in [-0.15, -0.1) is 0 Å². The molecule has 0 atom stereocenters. The first-order valence-electron chi connectivity index (χ1n) is 13.1. The smallest absolute Gasteiger partial charge is 0.392 e. The van der Waals surface area contributed by atoms with Gasteiger partial charge in [0.2, 0.25) is 0 Å². The van der Waals surface area contributed by atoms with E-state index in [1.54, 1.807) is 0 Å². The van der Waals surface area contributed by atoms with Gasteiger partial charge < -0.3 is 8.85 Å². The molecule has 0 N–H and O–H groups in total. The van der Waals surface area contributed by atoms with Crippen LogP contribution in [0.1, 0.15) is 90.4 Å². The van der Waals surface area contributed by atoms with Gasteiger partial charge in [0.1, 0.15) is 5.75 Å². The number of benzene rings is 2. The second kappa shape index (κ2) is 16.1. The van der Waals surface area contributed by atoms with Crippen molar-refractivity contribution in [3.05, 3.63) is 54.6 Å². The molecule has 0 amide bonds. The van der Waals surface area contributed by atoms with Gasteiger partial charge in [-0.25, -0.2) is 0 Å². The predicted molar refractivity (Wildman–Crippen MR) is 142 cm³/mol. The van der Waals surface area contributed by atoms with Crippen molar-refractivity contribution in [1.29, 1.82) is 0 Å². The fourth-order valence-electron chi connectivity index (χ4n) is 4.14. The minimum atomic E-state index is -2.21. The van der Waals surface area contributed by atoms with Crippen LogP contribution in [0.3, 0.4) is 0 Å². The van der Waals surface area contributed by atoms with Crippen LogP contribution in [-0.4, -0.2) is 15.2 Å². The molecule has 0 unspecified atom stereocenters. The van der Waals surface area contributed by atoms with E-state index in [0.717, 1.165) is 24.3 Å². The number of para-hydroxylation sites is 1. The Morgan fingerprint density at radius 3 is 1.69 bits per heavy atom. The third kappa shape index (κ3) is 11.3. The summed E-state index contributed by atoms with van der Waals surface area (Å²) in [5.41, 5.74) is 2.32. The van der Waals surface area contributed by atoms with Crippen molar-refractivity contribution in [3.8, 4) is 16.9 Å². The largest absolute Gasteiger partial charge is 0.520 e. The molecule has 0 radical (unpaired) electrons. The molecule has 0 aromatic heterocycles. The maximum Gasteiger partial charge on any atom is 0.392 e. The molecule has 0 heterocycles. The van der Waals surface area contributed by atoms with Crippen molar-refractivity contribution in [2.45, 2.75) is 103 Å². The van der Waals surface area contributed by atoms with E-state index in [9.17, 15) is 0 Å². The summed E-state index contributed by atoms with van der Waals surface area (Å²) in [5.74, 6) is 0.931. The summed E-state index contributed by atoms with van der Waals surface area (Å²) >= 11 is 0. The van der Waals surface area contributed by atoms with E-state index in [-0.39, 0.29) is 0 Å². The van der Waals surface area contributed by atoms with Crippen LogP contribution in [-0.2, 0) is 4.43 Å². The minimum Gasteiger partial charge on any atom is -0.520 e. The van der Waals surface area contributed by atoms with E-state index in [2.05, 4.69) is 62.5 Å². The Bertz CT molecular complexity index is 714. The average Bonchev–Trinajstić information content (AvgIpc) is 2.80. The molecular formula is C29H46O2Si. The van der Waals surface area contributed by atoms with Crippen molar-refractivity contribution >= 4 is 8.56 Å². The van der Waals surface area contributed by atoms with Crippen LogP contribution in [0.25, 0.3) is 11.1 Å². The van der Waals surface area contributed by atoms with Crippen LogP contribution >= 0.6 is 0 Å². The summed E-state index contributed by atoms with van der Waals surface area (Å²) in [5, 5.41) is 0. The number of rotatable bonds is 18. The molecule has 32 heavy (non-hydrogen) atoms. The van der Waals surface area contributed by atoms with E-state index in [0.29, 0.717) is 0 Å². The second-order valence-corrected chi connectivity index (χ2v) is 12.7. The van der Waals surface area contributed by atoms with Gasteiger partial charge in [-0.1, -0.05) is 133 Å². The highest BCUT2D eigenvalue weighted by Gasteiger charge is 2.27. The van der Waals surface area contributed by atoms with Gasteiger partial charge in [0.05, 0.1) is 0 Å². The number of unbranched alkanes of at least 4 members (excludes halogenated alkanes) is 12. The fraction of sp³-hybridized carbons (Fsp3) is 0.586. The number of hydrogen-bond donors (Lipinski definition) is 0. The van der Waals surface area contributed by atoms with E-state index >= 15 is 0 Å². The molecular weight excluding hydrogens is 408 g/mol. The lowest BCUT2D eigenvalue weighted by Gasteiger charge is -2.25. The van der Waals surface area contributed by atoms with Crippen LogP contribution in [0.4, 0.5) is 0 Å². The summed E-state index contributed by atoms with van der Waals surface area (Å²) in [7, 11) is -2.21. The van der Waals surface area contributed by atoms with Gasteiger partial charge in [0, 0.05) is 12.2 Å². The number of hydrogen-bond acceptors (Lipinski definition) is 2. The quantitative estimate of drug-likeness (QED) is 0.165. The molecule has 3 heteroatoms. The van der Waals surface area contributed by atoms with Crippen molar-refractivity contribution < 1.29 is 8.85 Å².